The van der Waals surface area contributed by atoms with E-state index in [0.29, 0.717) is 31.3 Å². The largest absolute Gasteiger partial charge is 0.339 e. The number of carbonyl (C=O) groups excluding carboxylic acids is 2. The lowest BCUT2D eigenvalue weighted by Crippen LogP contribution is -2.48. The first kappa shape index (κ1) is 12.8. The van der Waals surface area contributed by atoms with Gasteiger partial charge in [0.25, 0.3) is 0 Å². The number of hydrogen-bond acceptors (Lipinski definition) is 5. The Hall–Kier alpha value is -2.18. The zero-order valence-corrected chi connectivity index (χ0v) is 11.7. The molecule has 106 valence electrons. The van der Waals surface area contributed by atoms with Gasteiger partial charge < -0.3 is 9.80 Å². The SMILES string of the molecule is CC(=O)N1CCN(c2ncc3c(n2)N(C)C(=O)C3)CC1. The topological polar surface area (TPSA) is 69.6 Å². The molecule has 0 bridgehead atoms. The molecule has 3 heterocycles. The molecule has 7 heteroatoms. The van der Waals surface area contributed by atoms with Crippen molar-refractivity contribution in [1.82, 2.24) is 14.9 Å². The molecule has 2 aliphatic rings. The molecular formula is C13H17N5O2. The second kappa shape index (κ2) is 4.73. The van der Waals surface area contributed by atoms with Crippen LogP contribution in [0.4, 0.5) is 11.8 Å². The zero-order valence-electron chi connectivity index (χ0n) is 11.7. The fourth-order valence-electron chi connectivity index (χ4n) is 2.58. The lowest BCUT2D eigenvalue weighted by molar-refractivity contribution is -0.129. The summed E-state index contributed by atoms with van der Waals surface area (Å²) in [4.78, 5) is 37.2. The van der Waals surface area contributed by atoms with Crippen molar-refractivity contribution in [3.05, 3.63) is 11.8 Å². The number of likely N-dealkylation sites (N-methyl/N-ethyl adjacent to an activating group) is 1. The van der Waals surface area contributed by atoms with Crippen LogP contribution in [-0.4, -0.2) is 59.9 Å². The fraction of sp³-hybridized carbons (Fsp3) is 0.538. The third kappa shape index (κ3) is 2.09. The Bertz CT molecular complexity index is 566. The van der Waals surface area contributed by atoms with Gasteiger partial charge in [-0.3, -0.25) is 14.5 Å². The number of rotatable bonds is 1. The van der Waals surface area contributed by atoms with E-state index in [9.17, 15) is 9.59 Å². The maximum atomic E-state index is 11.6. The second-order valence-corrected chi connectivity index (χ2v) is 5.14. The molecule has 1 aromatic rings. The van der Waals surface area contributed by atoms with Gasteiger partial charge in [-0.1, -0.05) is 0 Å². The molecule has 3 rings (SSSR count). The molecule has 1 fully saturated rings. The van der Waals surface area contributed by atoms with Crippen LogP contribution in [0.1, 0.15) is 12.5 Å². The van der Waals surface area contributed by atoms with Gasteiger partial charge in [-0.2, -0.15) is 4.98 Å². The predicted octanol–water partition coefficient (Wildman–Crippen LogP) is -0.336. The molecule has 2 aliphatic heterocycles. The summed E-state index contributed by atoms with van der Waals surface area (Å²) in [5.74, 6) is 1.49. The minimum absolute atomic E-state index is 0.0489. The summed E-state index contributed by atoms with van der Waals surface area (Å²) >= 11 is 0. The molecule has 0 unspecified atom stereocenters. The van der Waals surface area contributed by atoms with Crippen molar-refractivity contribution in [2.75, 3.05) is 43.0 Å². The van der Waals surface area contributed by atoms with Gasteiger partial charge in [-0.25, -0.2) is 4.98 Å². The van der Waals surface area contributed by atoms with Gasteiger partial charge in [-0.05, 0) is 0 Å². The highest BCUT2D eigenvalue weighted by atomic mass is 16.2. The van der Waals surface area contributed by atoms with E-state index in [2.05, 4.69) is 14.9 Å². The monoisotopic (exact) mass is 275 g/mol. The highest BCUT2D eigenvalue weighted by molar-refractivity contribution is 5.99. The average Bonchev–Trinajstić information content (AvgIpc) is 2.74. The van der Waals surface area contributed by atoms with Gasteiger partial charge in [0.15, 0.2) is 0 Å². The first-order valence-corrected chi connectivity index (χ1v) is 6.69. The summed E-state index contributed by atoms with van der Waals surface area (Å²) in [7, 11) is 1.73. The highest BCUT2D eigenvalue weighted by Gasteiger charge is 2.28. The van der Waals surface area contributed by atoms with Crippen molar-refractivity contribution in [1.29, 1.82) is 0 Å². The van der Waals surface area contributed by atoms with Crippen LogP contribution in [0, 0.1) is 0 Å². The second-order valence-electron chi connectivity index (χ2n) is 5.14. The number of anilines is 2. The maximum Gasteiger partial charge on any atom is 0.232 e. The number of fused-ring (bicyclic) bond motifs is 1. The third-order valence-electron chi connectivity index (χ3n) is 3.87. The molecule has 2 amide bonds. The Labute approximate surface area is 117 Å². The zero-order chi connectivity index (χ0) is 14.3. The summed E-state index contributed by atoms with van der Waals surface area (Å²) in [5.41, 5.74) is 0.878. The molecule has 1 saturated heterocycles. The summed E-state index contributed by atoms with van der Waals surface area (Å²) in [6, 6.07) is 0. The van der Waals surface area contributed by atoms with E-state index in [1.165, 1.54) is 0 Å². The van der Waals surface area contributed by atoms with Gasteiger partial charge in [0, 0.05) is 51.9 Å². The van der Waals surface area contributed by atoms with E-state index in [1.807, 2.05) is 4.90 Å². The van der Waals surface area contributed by atoms with E-state index >= 15 is 0 Å². The van der Waals surface area contributed by atoms with Gasteiger partial charge in [0.1, 0.15) is 5.82 Å². The molecular weight excluding hydrogens is 258 g/mol. The summed E-state index contributed by atoms with van der Waals surface area (Å²) in [5, 5.41) is 0. The van der Waals surface area contributed by atoms with Crippen LogP contribution in [0.3, 0.4) is 0 Å². The van der Waals surface area contributed by atoms with E-state index in [4.69, 9.17) is 0 Å². The Morgan fingerprint density at radius 2 is 1.95 bits per heavy atom. The van der Waals surface area contributed by atoms with Crippen LogP contribution >= 0.6 is 0 Å². The summed E-state index contributed by atoms with van der Waals surface area (Å²) in [6.45, 7) is 4.39. The van der Waals surface area contributed by atoms with Crippen molar-refractivity contribution >= 4 is 23.6 Å². The van der Waals surface area contributed by atoms with Crippen molar-refractivity contribution < 1.29 is 9.59 Å². The van der Waals surface area contributed by atoms with Crippen LogP contribution in [0.15, 0.2) is 6.20 Å². The van der Waals surface area contributed by atoms with Gasteiger partial charge >= 0.3 is 0 Å². The third-order valence-corrected chi connectivity index (χ3v) is 3.87. The molecule has 0 atom stereocenters. The van der Waals surface area contributed by atoms with Crippen molar-refractivity contribution in [2.24, 2.45) is 0 Å². The Morgan fingerprint density at radius 1 is 1.25 bits per heavy atom. The van der Waals surface area contributed by atoms with Gasteiger partial charge in [-0.15, -0.1) is 0 Å². The molecule has 7 nitrogen and oxygen atoms in total. The Balaban J connectivity index is 1.77. The van der Waals surface area contributed by atoms with Crippen molar-refractivity contribution in [3.8, 4) is 0 Å². The molecule has 0 aromatic carbocycles. The first-order valence-electron chi connectivity index (χ1n) is 6.69. The molecule has 0 saturated carbocycles. The first-order chi connectivity index (χ1) is 9.56. The molecule has 0 N–H and O–H groups in total. The molecule has 0 radical (unpaired) electrons. The van der Waals surface area contributed by atoms with E-state index in [0.717, 1.165) is 18.7 Å². The normalized spacial score (nSPS) is 18.5. The van der Waals surface area contributed by atoms with Crippen LogP contribution < -0.4 is 9.80 Å². The summed E-state index contributed by atoms with van der Waals surface area (Å²) < 4.78 is 0. The minimum Gasteiger partial charge on any atom is -0.339 e. The molecule has 1 aromatic heterocycles. The maximum absolute atomic E-state index is 11.6. The van der Waals surface area contributed by atoms with Crippen molar-refractivity contribution in [2.45, 2.75) is 13.3 Å². The van der Waals surface area contributed by atoms with Crippen molar-refractivity contribution in [3.63, 3.8) is 0 Å². The Kier molecular flexibility index (Phi) is 3.04. The van der Waals surface area contributed by atoms with E-state index in [1.54, 1.807) is 25.1 Å². The number of piperazine rings is 1. The summed E-state index contributed by atoms with van der Waals surface area (Å²) in [6.07, 6.45) is 2.11. The van der Waals surface area contributed by atoms with Crippen LogP contribution in [-0.2, 0) is 16.0 Å². The van der Waals surface area contributed by atoms with Gasteiger partial charge in [0.2, 0.25) is 17.8 Å². The van der Waals surface area contributed by atoms with Crippen LogP contribution in [0.2, 0.25) is 0 Å². The van der Waals surface area contributed by atoms with E-state index < -0.39 is 0 Å². The number of amides is 2. The van der Waals surface area contributed by atoms with Crippen LogP contribution in [0.5, 0.6) is 0 Å². The average molecular weight is 275 g/mol. The highest BCUT2D eigenvalue weighted by Crippen LogP contribution is 2.26. The molecule has 20 heavy (non-hydrogen) atoms. The molecule has 0 aliphatic carbocycles. The van der Waals surface area contributed by atoms with E-state index in [-0.39, 0.29) is 11.8 Å². The number of hydrogen-bond donors (Lipinski definition) is 0. The van der Waals surface area contributed by atoms with Gasteiger partial charge in [0.05, 0.1) is 6.42 Å². The number of carbonyl (C=O) groups is 2. The number of nitrogens with zero attached hydrogens (tertiary/aromatic N) is 5. The lowest BCUT2D eigenvalue weighted by Gasteiger charge is -2.34. The Morgan fingerprint density at radius 3 is 2.60 bits per heavy atom. The van der Waals surface area contributed by atoms with Crippen LogP contribution in [0.25, 0.3) is 0 Å². The smallest absolute Gasteiger partial charge is 0.232 e. The quantitative estimate of drug-likeness (QED) is 0.701. The standard InChI is InChI=1S/C13H17N5O2/c1-9(19)17-3-5-18(6-4-17)13-14-8-10-7-11(20)16(2)12(10)15-13/h8H,3-7H2,1-2H3. The lowest BCUT2D eigenvalue weighted by atomic mass is 10.3. The fourth-order valence-corrected chi connectivity index (χ4v) is 2.58. The molecule has 0 spiro atoms. The minimum atomic E-state index is 0.0489. The predicted molar refractivity (Wildman–Crippen MR) is 73.6 cm³/mol. The number of aromatic nitrogens is 2.